The zero-order valence-electron chi connectivity index (χ0n) is 9.75. The average Bonchev–Trinajstić information content (AvgIpc) is 2.36. The van der Waals surface area contributed by atoms with E-state index < -0.39 is 10.0 Å². The molecule has 0 saturated heterocycles. The van der Waals surface area contributed by atoms with Crippen LogP contribution in [0.5, 0.6) is 0 Å². The van der Waals surface area contributed by atoms with Gasteiger partial charge in [0.1, 0.15) is 0 Å². The first-order chi connectivity index (χ1) is 8.51. The van der Waals surface area contributed by atoms with Crippen molar-refractivity contribution in [1.82, 2.24) is 4.31 Å². The van der Waals surface area contributed by atoms with Crippen molar-refractivity contribution in [3.8, 4) is 0 Å². The van der Waals surface area contributed by atoms with Gasteiger partial charge < -0.3 is 0 Å². The molecule has 0 bridgehead atoms. The van der Waals surface area contributed by atoms with Gasteiger partial charge in [0.05, 0.1) is 11.3 Å². The lowest BCUT2D eigenvalue weighted by Crippen LogP contribution is -2.39. The van der Waals surface area contributed by atoms with Gasteiger partial charge in [-0.2, -0.15) is 0 Å². The van der Waals surface area contributed by atoms with Crippen LogP contribution in [0, 0.1) is 0 Å². The summed E-state index contributed by atoms with van der Waals surface area (Å²) < 4.78 is 25.1. The van der Waals surface area contributed by atoms with Crippen LogP contribution >= 0.6 is 0 Å². The summed E-state index contributed by atoms with van der Waals surface area (Å²) in [6, 6.07) is 10.8. The normalized spacial score (nSPS) is 17.8. The topological polar surface area (TPSA) is 54.5 Å². The van der Waals surface area contributed by atoms with Crippen LogP contribution in [0.4, 0.5) is 0 Å². The van der Waals surface area contributed by atoms with Crippen LogP contribution < -0.4 is 0 Å². The molecule has 18 heavy (non-hydrogen) atoms. The van der Waals surface area contributed by atoms with Crippen LogP contribution in [0.25, 0.3) is 10.8 Å². The summed E-state index contributed by atoms with van der Waals surface area (Å²) in [6.07, 6.45) is 0.131. The molecule has 0 fully saturated rings. The van der Waals surface area contributed by atoms with E-state index in [-0.39, 0.29) is 17.2 Å². The predicted octanol–water partition coefficient (Wildman–Crippen LogP) is 1.54. The lowest BCUT2D eigenvalue weighted by Gasteiger charge is -2.25. The molecule has 92 valence electrons. The van der Waals surface area contributed by atoms with Gasteiger partial charge in [0, 0.05) is 7.05 Å². The molecule has 0 saturated carbocycles. The van der Waals surface area contributed by atoms with Crippen LogP contribution in [-0.4, -0.2) is 25.7 Å². The summed E-state index contributed by atoms with van der Waals surface area (Å²) in [5.41, 5.74) is 0.608. The largest absolute Gasteiger partial charge is 0.273 e. The third kappa shape index (κ3) is 1.37. The van der Waals surface area contributed by atoms with E-state index in [1.807, 2.05) is 24.3 Å². The van der Waals surface area contributed by atoms with Crippen LogP contribution in [0.2, 0.25) is 0 Å². The highest BCUT2D eigenvalue weighted by Crippen LogP contribution is 2.31. The van der Waals surface area contributed by atoms with E-state index in [9.17, 15) is 13.2 Å². The number of carbonyl (C=O) groups excluding carboxylic acids is 1. The molecule has 2 aromatic carbocycles. The second kappa shape index (κ2) is 3.55. The maximum absolute atomic E-state index is 12.2. The Morgan fingerprint density at radius 2 is 1.83 bits per heavy atom. The van der Waals surface area contributed by atoms with Crippen molar-refractivity contribution in [2.45, 2.75) is 11.3 Å². The summed E-state index contributed by atoms with van der Waals surface area (Å²) in [4.78, 5) is 12.0. The fraction of sp³-hybridized carbons (Fsp3) is 0.154. The second-order valence-corrected chi connectivity index (χ2v) is 6.24. The maximum Gasteiger partial charge on any atom is 0.266 e. The number of benzene rings is 2. The van der Waals surface area contributed by atoms with Crippen LogP contribution in [0.15, 0.2) is 41.3 Å². The van der Waals surface area contributed by atoms with E-state index in [4.69, 9.17) is 0 Å². The molecular formula is C13H11NO3S. The molecule has 5 heteroatoms. The Kier molecular flexibility index (Phi) is 2.22. The van der Waals surface area contributed by atoms with Gasteiger partial charge >= 0.3 is 0 Å². The molecule has 0 unspecified atom stereocenters. The molecule has 0 aliphatic carbocycles. The van der Waals surface area contributed by atoms with Crippen molar-refractivity contribution in [1.29, 1.82) is 0 Å². The standard InChI is InChI=1S/C13H11NO3S/c1-14-13(15)8-11-10-5-3-2-4-9(10)6-7-12(11)18(14,16)17/h2-7H,8H2,1H3. The van der Waals surface area contributed by atoms with Crippen LogP contribution in [-0.2, 0) is 21.2 Å². The van der Waals surface area contributed by atoms with Crippen LogP contribution in [0.1, 0.15) is 5.56 Å². The molecule has 0 N–H and O–H groups in total. The molecule has 1 heterocycles. The first-order valence-corrected chi connectivity index (χ1v) is 6.98. The number of carbonyl (C=O) groups is 1. The summed E-state index contributed by atoms with van der Waals surface area (Å²) in [5, 5.41) is 1.78. The van der Waals surface area contributed by atoms with Crippen molar-refractivity contribution in [3.05, 3.63) is 42.0 Å². The molecule has 0 spiro atoms. The predicted molar refractivity (Wildman–Crippen MR) is 67.6 cm³/mol. The maximum atomic E-state index is 12.2. The minimum absolute atomic E-state index is 0.131. The number of sulfonamides is 1. The third-order valence-corrected chi connectivity index (χ3v) is 5.18. The van der Waals surface area contributed by atoms with Crippen molar-refractivity contribution in [2.24, 2.45) is 0 Å². The Morgan fingerprint density at radius 1 is 1.11 bits per heavy atom. The van der Waals surface area contributed by atoms with E-state index in [1.54, 1.807) is 12.1 Å². The number of nitrogens with zero attached hydrogens (tertiary/aromatic N) is 1. The number of hydrogen-bond donors (Lipinski definition) is 0. The molecule has 1 amide bonds. The van der Waals surface area contributed by atoms with Gasteiger partial charge in [-0.1, -0.05) is 30.3 Å². The van der Waals surface area contributed by atoms with E-state index >= 15 is 0 Å². The third-order valence-electron chi connectivity index (χ3n) is 3.32. The molecule has 2 aromatic rings. The Balaban J connectivity index is 2.43. The van der Waals surface area contributed by atoms with Crippen molar-refractivity contribution in [2.75, 3.05) is 7.05 Å². The van der Waals surface area contributed by atoms with E-state index in [2.05, 4.69) is 0 Å². The molecule has 1 aliphatic heterocycles. The van der Waals surface area contributed by atoms with E-state index in [0.717, 1.165) is 15.1 Å². The fourth-order valence-corrected chi connectivity index (χ4v) is 3.65. The van der Waals surface area contributed by atoms with Gasteiger partial charge in [-0.05, 0) is 22.4 Å². The lowest BCUT2D eigenvalue weighted by molar-refractivity contribution is -0.125. The average molecular weight is 261 g/mol. The van der Waals surface area contributed by atoms with Gasteiger partial charge in [0.25, 0.3) is 10.0 Å². The molecule has 1 aliphatic rings. The van der Waals surface area contributed by atoms with Gasteiger partial charge in [-0.3, -0.25) is 4.79 Å². The van der Waals surface area contributed by atoms with Crippen molar-refractivity contribution >= 4 is 26.7 Å². The SMILES string of the molecule is CN1C(=O)Cc2c(ccc3ccccc23)S1(=O)=O. The molecule has 3 rings (SSSR count). The number of amides is 1. The highest BCUT2D eigenvalue weighted by Gasteiger charge is 2.34. The second-order valence-electron chi connectivity index (χ2n) is 4.31. The molecular weight excluding hydrogens is 250 g/mol. The monoisotopic (exact) mass is 261 g/mol. The van der Waals surface area contributed by atoms with Crippen LogP contribution in [0.3, 0.4) is 0 Å². The Morgan fingerprint density at radius 3 is 2.61 bits per heavy atom. The molecule has 0 atom stereocenters. The number of rotatable bonds is 0. The Bertz CT molecular complexity index is 765. The van der Waals surface area contributed by atoms with Gasteiger partial charge in [-0.15, -0.1) is 0 Å². The minimum Gasteiger partial charge on any atom is -0.273 e. The van der Waals surface area contributed by atoms with Crippen molar-refractivity contribution < 1.29 is 13.2 Å². The highest BCUT2D eigenvalue weighted by atomic mass is 32.2. The molecule has 0 radical (unpaired) electrons. The van der Waals surface area contributed by atoms with Gasteiger partial charge in [0.2, 0.25) is 5.91 Å². The summed E-state index contributed by atoms with van der Waals surface area (Å²) in [5.74, 6) is -0.390. The quantitative estimate of drug-likeness (QED) is 0.723. The zero-order valence-corrected chi connectivity index (χ0v) is 10.6. The lowest BCUT2D eigenvalue weighted by atomic mass is 10.0. The molecule has 4 nitrogen and oxygen atoms in total. The first-order valence-electron chi connectivity index (χ1n) is 5.54. The number of likely N-dealkylation sites (N-methyl/N-ethyl adjacent to an activating group) is 1. The minimum atomic E-state index is -3.68. The summed E-state index contributed by atoms with van der Waals surface area (Å²) >= 11 is 0. The van der Waals surface area contributed by atoms with Gasteiger partial charge in [-0.25, -0.2) is 12.7 Å². The highest BCUT2D eigenvalue weighted by molar-refractivity contribution is 7.89. The fourth-order valence-electron chi connectivity index (χ4n) is 2.28. The smallest absolute Gasteiger partial charge is 0.266 e. The van der Waals surface area contributed by atoms with E-state index in [1.165, 1.54) is 7.05 Å². The Labute approximate surface area is 105 Å². The Hall–Kier alpha value is -1.88. The zero-order chi connectivity index (χ0) is 12.9. The number of hydrogen-bond acceptors (Lipinski definition) is 3. The molecule has 0 aromatic heterocycles. The number of fused-ring (bicyclic) bond motifs is 3. The van der Waals surface area contributed by atoms with Gasteiger partial charge in [0.15, 0.2) is 0 Å². The van der Waals surface area contributed by atoms with Crippen molar-refractivity contribution in [3.63, 3.8) is 0 Å². The van der Waals surface area contributed by atoms with E-state index in [0.29, 0.717) is 5.56 Å². The summed E-state index contributed by atoms with van der Waals surface area (Å²) in [6.45, 7) is 0. The summed E-state index contributed by atoms with van der Waals surface area (Å²) in [7, 11) is -2.38. The first kappa shape index (κ1) is 11.2.